The first-order valence-electron chi connectivity index (χ1n) is 6.10. The Balaban J connectivity index is 2.50. The van der Waals surface area contributed by atoms with Gasteiger partial charge in [0.05, 0.1) is 12.3 Å². The van der Waals surface area contributed by atoms with E-state index >= 15 is 0 Å². The third-order valence-corrected chi connectivity index (χ3v) is 2.59. The predicted octanol–water partition coefficient (Wildman–Crippen LogP) is 2.85. The topological polar surface area (TPSA) is 73.1 Å². The van der Waals surface area contributed by atoms with E-state index in [1.54, 1.807) is 24.3 Å². The van der Waals surface area contributed by atoms with Crippen LogP contribution >= 0.6 is 0 Å². The molecular formula is C13H13F3N4O. The molecule has 112 valence electrons. The van der Waals surface area contributed by atoms with Gasteiger partial charge in [-0.2, -0.15) is 13.2 Å². The Hall–Kier alpha value is -2.35. The van der Waals surface area contributed by atoms with Gasteiger partial charge in [-0.25, -0.2) is 15.8 Å². The fourth-order valence-corrected chi connectivity index (χ4v) is 1.72. The predicted molar refractivity (Wildman–Crippen MR) is 71.4 cm³/mol. The first kappa shape index (κ1) is 15.0. The summed E-state index contributed by atoms with van der Waals surface area (Å²) in [5, 5.41) is 0. The van der Waals surface area contributed by atoms with E-state index in [0.717, 1.165) is 6.07 Å². The molecule has 0 aliphatic rings. The van der Waals surface area contributed by atoms with Crippen LogP contribution in [0.25, 0.3) is 11.3 Å². The van der Waals surface area contributed by atoms with Gasteiger partial charge in [-0.1, -0.05) is 12.1 Å². The van der Waals surface area contributed by atoms with Gasteiger partial charge in [-0.3, -0.25) is 5.43 Å². The number of nitrogens with two attached hydrogens (primary N) is 1. The number of rotatable bonds is 4. The minimum atomic E-state index is -4.58. The summed E-state index contributed by atoms with van der Waals surface area (Å²) in [6.07, 6.45) is -4.58. The second-order valence-corrected chi connectivity index (χ2v) is 4.06. The first-order valence-corrected chi connectivity index (χ1v) is 6.10. The molecule has 0 fully saturated rings. The molecule has 0 amide bonds. The highest BCUT2D eigenvalue weighted by atomic mass is 19.4. The summed E-state index contributed by atoms with van der Waals surface area (Å²) in [5.74, 6) is 5.36. The second-order valence-electron chi connectivity index (χ2n) is 4.06. The van der Waals surface area contributed by atoms with Crippen LogP contribution in [0.15, 0.2) is 30.3 Å². The normalized spacial score (nSPS) is 11.3. The Morgan fingerprint density at radius 2 is 2.00 bits per heavy atom. The highest BCUT2D eigenvalue weighted by Gasteiger charge is 2.33. The van der Waals surface area contributed by atoms with Gasteiger partial charge in [0, 0.05) is 5.56 Å². The molecule has 3 N–H and O–H groups in total. The standard InChI is InChI=1S/C13H13F3N4O/c1-2-21-9-5-3-4-8(6-9)10-7-11(13(14,15)16)19-12(18-10)20-17/h3-7H,2,17H2,1H3,(H,18,19,20). The van der Waals surface area contributed by atoms with Crippen molar-refractivity contribution in [3.63, 3.8) is 0 Å². The summed E-state index contributed by atoms with van der Waals surface area (Å²) < 4.78 is 43.8. The van der Waals surface area contributed by atoms with Gasteiger partial charge in [-0.15, -0.1) is 0 Å². The van der Waals surface area contributed by atoms with Crippen molar-refractivity contribution in [1.29, 1.82) is 0 Å². The number of halogens is 3. The van der Waals surface area contributed by atoms with E-state index in [1.807, 2.05) is 12.3 Å². The zero-order chi connectivity index (χ0) is 15.5. The van der Waals surface area contributed by atoms with Gasteiger partial charge >= 0.3 is 6.18 Å². The SMILES string of the molecule is CCOc1cccc(-c2cc(C(F)(F)F)nc(NN)n2)c1. The Labute approximate surface area is 118 Å². The van der Waals surface area contributed by atoms with Gasteiger partial charge in [0.25, 0.3) is 0 Å². The molecule has 2 rings (SSSR count). The maximum atomic E-state index is 12.8. The lowest BCUT2D eigenvalue weighted by atomic mass is 10.1. The highest BCUT2D eigenvalue weighted by molar-refractivity contribution is 5.62. The molecule has 0 radical (unpaired) electrons. The average Bonchev–Trinajstić information content (AvgIpc) is 2.46. The van der Waals surface area contributed by atoms with E-state index in [-0.39, 0.29) is 11.6 Å². The quantitative estimate of drug-likeness (QED) is 0.670. The summed E-state index contributed by atoms with van der Waals surface area (Å²) >= 11 is 0. The molecule has 8 heteroatoms. The number of ether oxygens (including phenoxy) is 1. The Kier molecular flexibility index (Phi) is 4.27. The molecule has 0 unspecified atom stereocenters. The number of nitrogens with zero attached hydrogens (tertiary/aromatic N) is 2. The number of aromatic nitrogens is 2. The minimum absolute atomic E-state index is 0.104. The van der Waals surface area contributed by atoms with E-state index in [0.29, 0.717) is 17.9 Å². The number of hydrogen-bond acceptors (Lipinski definition) is 5. The molecule has 1 heterocycles. The van der Waals surface area contributed by atoms with Gasteiger partial charge in [0.2, 0.25) is 5.95 Å². The summed E-state index contributed by atoms with van der Waals surface area (Å²) in [7, 11) is 0. The monoisotopic (exact) mass is 298 g/mol. The Morgan fingerprint density at radius 1 is 1.24 bits per heavy atom. The fourth-order valence-electron chi connectivity index (χ4n) is 1.72. The lowest BCUT2D eigenvalue weighted by molar-refractivity contribution is -0.141. The second kappa shape index (κ2) is 5.96. The molecule has 21 heavy (non-hydrogen) atoms. The van der Waals surface area contributed by atoms with Crippen molar-refractivity contribution in [3.05, 3.63) is 36.0 Å². The van der Waals surface area contributed by atoms with E-state index in [4.69, 9.17) is 10.6 Å². The van der Waals surface area contributed by atoms with E-state index in [2.05, 4.69) is 9.97 Å². The van der Waals surface area contributed by atoms with Crippen LogP contribution in [-0.4, -0.2) is 16.6 Å². The van der Waals surface area contributed by atoms with Crippen molar-refractivity contribution in [1.82, 2.24) is 9.97 Å². The van der Waals surface area contributed by atoms with Crippen molar-refractivity contribution >= 4 is 5.95 Å². The number of benzene rings is 1. The van der Waals surface area contributed by atoms with Crippen LogP contribution < -0.4 is 16.0 Å². The number of hydrazine groups is 1. The van der Waals surface area contributed by atoms with Gasteiger partial charge in [0.15, 0.2) is 5.69 Å². The number of hydrogen-bond donors (Lipinski definition) is 2. The van der Waals surface area contributed by atoms with Crippen LogP contribution in [0.1, 0.15) is 12.6 Å². The molecule has 0 bridgehead atoms. The van der Waals surface area contributed by atoms with E-state index in [9.17, 15) is 13.2 Å². The van der Waals surface area contributed by atoms with Crippen LogP contribution in [0.5, 0.6) is 5.75 Å². The van der Waals surface area contributed by atoms with Crippen molar-refractivity contribution in [3.8, 4) is 17.0 Å². The fraction of sp³-hybridized carbons (Fsp3) is 0.231. The number of nitrogen functional groups attached to an aromatic ring is 1. The van der Waals surface area contributed by atoms with Crippen molar-refractivity contribution < 1.29 is 17.9 Å². The summed E-state index contributed by atoms with van der Waals surface area (Å²) in [4.78, 5) is 7.24. The molecule has 1 aromatic heterocycles. The van der Waals surface area contributed by atoms with Crippen molar-refractivity contribution in [2.24, 2.45) is 5.84 Å². The zero-order valence-electron chi connectivity index (χ0n) is 11.1. The summed E-state index contributed by atoms with van der Waals surface area (Å²) in [6, 6.07) is 7.48. The maximum absolute atomic E-state index is 12.8. The summed E-state index contributed by atoms with van der Waals surface area (Å²) in [5.41, 5.74) is 1.55. The van der Waals surface area contributed by atoms with Crippen LogP contribution in [0.2, 0.25) is 0 Å². The highest BCUT2D eigenvalue weighted by Crippen LogP contribution is 2.31. The van der Waals surface area contributed by atoms with Crippen LogP contribution in [0.3, 0.4) is 0 Å². The van der Waals surface area contributed by atoms with Gasteiger partial charge in [-0.05, 0) is 25.1 Å². The van der Waals surface area contributed by atoms with Crippen molar-refractivity contribution in [2.45, 2.75) is 13.1 Å². The van der Waals surface area contributed by atoms with Crippen molar-refractivity contribution in [2.75, 3.05) is 12.0 Å². The molecular weight excluding hydrogens is 285 g/mol. The van der Waals surface area contributed by atoms with E-state index < -0.39 is 11.9 Å². The number of anilines is 1. The first-order chi connectivity index (χ1) is 9.94. The van der Waals surface area contributed by atoms with Crippen LogP contribution in [0.4, 0.5) is 19.1 Å². The minimum Gasteiger partial charge on any atom is -0.494 e. The lowest BCUT2D eigenvalue weighted by Gasteiger charge is -2.11. The number of nitrogens with one attached hydrogen (secondary N) is 1. The number of alkyl halides is 3. The zero-order valence-corrected chi connectivity index (χ0v) is 11.1. The van der Waals surface area contributed by atoms with Gasteiger partial charge < -0.3 is 4.74 Å². The largest absolute Gasteiger partial charge is 0.494 e. The molecule has 0 aliphatic heterocycles. The Bertz CT molecular complexity index is 631. The molecule has 0 saturated carbocycles. The molecule has 2 aromatic rings. The van der Waals surface area contributed by atoms with Crippen LogP contribution in [0, 0.1) is 0 Å². The van der Waals surface area contributed by atoms with Crippen LogP contribution in [-0.2, 0) is 6.18 Å². The molecule has 5 nitrogen and oxygen atoms in total. The molecule has 0 aliphatic carbocycles. The van der Waals surface area contributed by atoms with E-state index in [1.165, 1.54) is 0 Å². The smallest absolute Gasteiger partial charge is 0.433 e. The maximum Gasteiger partial charge on any atom is 0.433 e. The summed E-state index contributed by atoms with van der Waals surface area (Å²) in [6.45, 7) is 2.27. The molecule has 0 saturated heterocycles. The molecule has 0 spiro atoms. The Morgan fingerprint density at radius 3 is 2.62 bits per heavy atom. The third kappa shape index (κ3) is 3.60. The molecule has 1 aromatic carbocycles. The lowest BCUT2D eigenvalue weighted by Crippen LogP contribution is -2.15. The molecule has 0 atom stereocenters. The third-order valence-electron chi connectivity index (χ3n) is 2.59. The average molecular weight is 298 g/mol. The van der Waals surface area contributed by atoms with Gasteiger partial charge in [0.1, 0.15) is 5.75 Å².